The van der Waals surface area contributed by atoms with E-state index < -0.39 is 5.60 Å². The number of hydrogen-bond donors (Lipinski definition) is 2. The van der Waals surface area contributed by atoms with Crippen LogP contribution in [0.5, 0.6) is 23.5 Å². The monoisotopic (exact) mass is 2070 g/mol. The molecule has 774 valence electrons. The van der Waals surface area contributed by atoms with E-state index in [4.69, 9.17) is 50.4 Å². The lowest BCUT2D eigenvalue weighted by Gasteiger charge is -2.46. The number of aliphatic imine (C=N–C) groups is 1. The number of fused-ring (bicyclic) bond motifs is 6. The first kappa shape index (κ1) is 103. The standard InChI is InChI=1S/2C21H23FN6O2.C19H21FN4OS.C18H19FN4OS.C16H21FN2O2.C11H13FN2.ClH/c2*1-29-13-19-24-25-21(28(19)16-4-6-20(30-2)23-10-16)26-11-17(12-26)27-8-7-14-9-15(22)3-5-18(14)27;1-25-18-6-4-15(10-21-18)22-19(26-2)23-11-16(12-23)24-8-7-13-9-14(20)3-5-17(13)24;1-24-17-5-3-14(9-20-17)21-18(25)22-10-15(11-22)23-7-6-12-8-13(19)2-4-16(12)23;1-16(2,3)21-15(20)18-9-13(10-18)19-7-6-11-8-12(17)4-5-14(11)19;12-9-1-2-11-8(5-9)3-4-14(11)10-6-13-7-10;/h2*3-6,9-10,17H,7-8,11-13H2,1-2H3;3-6,9-10,16H,7-8,11-12H2,1-2H3;2-5,8-9,15H,6-7,10-11H2,1H3,(H,21,25);4-5,8,13H,6-7,9-10H2,1-3H3;1-2,5,10,13H,3-4,6-7H2;1H. The SMILES string of the molecule is CC(C)(C)OC(=O)N1CC(N2CCc3cc(F)ccc32)C1.COCc1nnc(N2CC(N3CCc4cc(F)ccc43)C2)n1-c1ccc(OC)nc1.COCc1nnc(N2CC(N3CCc4cc(F)ccc43)C2)n1-c1ccc(OC)nc1.COc1ccc(N=C(SC)N2CC(N3CCc4cc(F)ccc43)C2)cn1.COc1ccc(NC(=S)N2CC(N3CCc4cc(F)ccc43)C2)cn1.Cl.Fc1ccc2c(c1)CCN2C1CNC1. The molecule has 0 aliphatic carbocycles. The number of carbonyl (C=O) groups excluding carboxylic acids is 1. The Morgan fingerprint density at radius 2 is 0.728 bits per heavy atom. The van der Waals surface area contributed by atoms with E-state index in [1.807, 2.05) is 115 Å². The highest BCUT2D eigenvalue weighted by molar-refractivity contribution is 8.13. The molecule has 32 nitrogen and oxygen atoms in total. The van der Waals surface area contributed by atoms with Gasteiger partial charge < -0.3 is 97.7 Å². The molecule has 6 aromatic heterocycles. The number of nitrogens with one attached hydrogen (secondary N) is 2. The fourth-order valence-electron chi connectivity index (χ4n) is 20.5. The van der Waals surface area contributed by atoms with E-state index in [1.165, 1.54) is 35.6 Å². The number of hydrogen-bond acceptors (Lipinski definition) is 28. The lowest BCUT2D eigenvalue weighted by molar-refractivity contribution is 0.00824. The predicted molar refractivity (Wildman–Crippen MR) is 564 cm³/mol. The summed E-state index contributed by atoms with van der Waals surface area (Å²) in [5.74, 6) is 4.28. The second-order valence-electron chi connectivity index (χ2n) is 38.5. The number of nitrogens with zero attached hydrogens (tertiary/aromatic N) is 22. The molecule has 0 radical (unpaired) electrons. The maximum absolute atomic E-state index is 13.5. The summed E-state index contributed by atoms with van der Waals surface area (Å²) in [6.45, 7) is 22.4. The number of ether oxygens (including phenoxy) is 7. The van der Waals surface area contributed by atoms with Crippen molar-refractivity contribution in [3.63, 3.8) is 0 Å². The van der Waals surface area contributed by atoms with E-state index in [9.17, 15) is 31.1 Å². The highest BCUT2D eigenvalue weighted by atomic mass is 35.5. The van der Waals surface area contributed by atoms with Gasteiger partial charge in [0.15, 0.2) is 21.9 Å². The zero-order valence-corrected chi connectivity index (χ0v) is 86.2. The Morgan fingerprint density at radius 1 is 0.408 bits per heavy atom. The van der Waals surface area contributed by atoms with E-state index in [1.54, 1.807) is 139 Å². The highest BCUT2D eigenvalue weighted by Crippen LogP contribution is 2.42. The molecule has 12 aliphatic rings. The normalized spacial score (nSPS) is 17.0. The van der Waals surface area contributed by atoms with Crippen molar-refractivity contribution in [1.82, 2.24) is 69.5 Å². The maximum atomic E-state index is 13.5. The Bertz CT molecular complexity index is 6460. The predicted octanol–water partition coefficient (Wildman–Crippen LogP) is 14.8. The van der Waals surface area contributed by atoms with Crippen LogP contribution in [0.25, 0.3) is 11.4 Å². The van der Waals surface area contributed by atoms with E-state index in [0.29, 0.717) is 103 Å². The first-order valence-electron chi connectivity index (χ1n) is 49.1. The minimum absolute atomic E-state index is 0. The number of benzene rings is 6. The number of aromatic nitrogens is 10. The molecular weight excluding hydrogens is 1950 g/mol. The Labute approximate surface area is 866 Å². The van der Waals surface area contributed by atoms with Gasteiger partial charge in [-0.2, -0.15) is 0 Å². The molecule has 147 heavy (non-hydrogen) atoms. The molecule has 1 amide bonds. The third kappa shape index (κ3) is 23.2. The van der Waals surface area contributed by atoms with Crippen molar-refractivity contribution < 1.29 is 64.3 Å². The number of rotatable bonds is 20. The van der Waals surface area contributed by atoms with Gasteiger partial charge in [0.2, 0.25) is 35.4 Å². The van der Waals surface area contributed by atoms with Gasteiger partial charge in [0, 0.05) is 190 Å². The van der Waals surface area contributed by atoms with Crippen LogP contribution in [-0.2, 0) is 65.9 Å². The molecule has 0 unspecified atom stereocenters. The molecule has 0 bridgehead atoms. The molecule has 12 aliphatic heterocycles. The van der Waals surface area contributed by atoms with Gasteiger partial charge in [-0.3, -0.25) is 9.13 Å². The molecule has 18 heterocycles. The van der Waals surface area contributed by atoms with Crippen molar-refractivity contribution >= 4 is 110 Å². The van der Waals surface area contributed by atoms with Gasteiger partial charge in [0.1, 0.15) is 53.7 Å². The molecule has 24 rings (SSSR count). The minimum atomic E-state index is -0.458. The van der Waals surface area contributed by atoms with Gasteiger partial charge in [-0.15, -0.1) is 32.8 Å². The molecule has 2 N–H and O–H groups in total. The fraction of sp³-hybridized carbons (Fsp3) is 0.406. The van der Waals surface area contributed by atoms with Crippen LogP contribution in [0.4, 0.5) is 88.5 Å². The number of anilines is 9. The van der Waals surface area contributed by atoms with Crippen molar-refractivity contribution in [2.75, 3.05) is 211 Å². The minimum Gasteiger partial charge on any atom is -0.481 e. The summed E-state index contributed by atoms with van der Waals surface area (Å²) < 4.78 is 120. The van der Waals surface area contributed by atoms with Crippen LogP contribution in [-0.4, -0.2) is 289 Å². The molecule has 6 aromatic carbocycles. The number of amidine groups is 1. The number of carbonyl (C=O) groups is 1. The van der Waals surface area contributed by atoms with Gasteiger partial charge in [0.05, 0.1) is 112 Å². The molecule has 6 fully saturated rings. The molecular formula is C106H121ClF6N24O8S2. The van der Waals surface area contributed by atoms with E-state index >= 15 is 0 Å². The summed E-state index contributed by atoms with van der Waals surface area (Å²) in [5, 5.41) is 25.7. The number of halogens is 7. The molecule has 6 saturated heterocycles. The van der Waals surface area contributed by atoms with Crippen LogP contribution in [0.1, 0.15) is 65.8 Å². The summed E-state index contributed by atoms with van der Waals surface area (Å²) >= 11 is 7.12. The van der Waals surface area contributed by atoms with Crippen LogP contribution in [0.15, 0.2) is 188 Å². The summed E-state index contributed by atoms with van der Waals surface area (Å²) in [5.41, 5.74) is 16.5. The van der Waals surface area contributed by atoms with E-state index in [0.717, 1.165) is 239 Å². The molecule has 0 atom stereocenters. The summed E-state index contributed by atoms with van der Waals surface area (Å²) in [6.07, 6.45) is 14.2. The first-order valence-corrected chi connectivity index (χ1v) is 50.8. The molecule has 41 heteroatoms. The Hall–Kier alpha value is -13.7. The van der Waals surface area contributed by atoms with Crippen LogP contribution in [0.2, 0.25) is 0 Å². The average molecular weight is 2070 g/mol. The van der Waals surface area contributed by atoms with Gasteiger partial charge in [-0.05, 0) is 245 Å². The van der Waals surface area contributed by atoms with Crippen LogP contribution in [0, 0.1) is 34.9 Å². The van der Waals surface area contributed by atoms with Gasteiger partial charge in [-0.25, -0.2) is 56.1 Å². The van der Waals surface area contributed by atoms with Crippen LogP contribution < -0.4 is 68.8 Å². The average Bonchev–Trinajstić information content (AvgIpc) is 1.62. The van der Waals surface area contributed by atoms with Crippen molar-refractivity contribution in [2.24, 2.45) is 4.99 Å². The molecule has 12 aromatic rings. The van der Waals surface area contributed by atoms with Gasteiger partial charge in [0.25, 0.3) is 0 Å². The maximum Gasteiger partial charge on any atom is 0.410 e. The van der Waals surface area contributed by atoms with Gasteiger partial charge in [-0.1, -0.05) is 11.8 Å². The number of amides is 1. The zero-order valence-electron chi connectivity index (χ0n) is 83.8. The second-order valence-corrected chi connectivity index (χ2v) is 39.7. The Balaban J connectivity index is 0.000000117. The smallest absolute Gasteiger partial charge is 0.410 e. The number of thiocarbonyl (C=S) groups is 1. The Morgan fingerprint density at radius 3 is 1.02 bits per heavy atom. The summed E-state index contributed by atoms with van der Waals surface area (Å²) in [6, 6.07) is 47.9. The summed E-state index contributed by atoms with van der Waals surface area (Å²) in [4.78, 5) is 58.3. The number of likely N-dealkylation sites (tertiary alicyclic amines) is 3. The Kier molecular flexibility index (Phi) is 32.2. The fourth-order valence-corrected chi connectivity index (χ4v) is 21.3. The zero-order chi connectivity index (χ0) is 102. The highest BCUT2D eigenvalue weighted by Gasteiger charge is 2.45. The second kappa shape index (κ2) is 45.8. The first-order chi connectivity index (χ1) is 70.8. The van der Waals surface area contributed by atoms with Crippen molar-refractivity contribution in [1.29, 1.82) is 0 Å². The van der Waals surface area contributed by atoms with Crippen molar-refractivity contribution in [3.05, 3.63) is 262 Å². The van der Waals surface area contributed by atoms with Crippen molar-refractivity contribution in [2.45, 2.75) is 114 Å². The third-order valence-electron chi connectivity index (χ3n) is 28.2. The van der Waals surface area contributed by atoms with E-state index in [-0.39, 0.29) is 53.4 Å². The molecule has 0 saturated carbocycles. The molecule has 0 spiro atoms. The largest absolute Gasteiger partial charge is 0.481 e. The lowest BCUT2D eigenvalue weighted by Crippen LogP contribution is -2.61. The van der Waals surface area contributed by atoms with Crippen molar-refractivity contribution in [3.8, 4) is 34.9 Å². The number of methoxy groups -OCH3 is 6. The van der Waals surface area contributed by atoms with E-state index in [2.05, 4.69) is 100.0 Å². The van der Waals surface area contributed by atoms with Crippen LogP contribution in [0.3, 0.4) is 0 Å². The van der Waals surface area contributed by atoms with Crippen LogP contribution >= 0.6 is 36.4 Å². The number of pyridine rings is 4. The number of thioether (sulfide) groups is 1. The summed E-state index contributed by atoms with van der Waals surface area (Å²) in [7, 11) is 9.65. The third-order valence-corrected chi connectivity index (χ3v) is 29.3. The quantitative estimate of drug-likeness (QED) is 0.0311. The van der Waals surface area contributed by atoms with Gasteiger partial charge >= 0.3 is 6.09 Å². The topological polar surface area (TPSA) is 267 Å². The lowest BCUT2D eigenvalue weighted by atomic mass is 10.1.